The second kappa shape index (κ2) is 7.01. The third-order valence-corrected chi connectivity index (χ3v) is 2.43. The van der Waals surface area contributed by atoms with Crippen molar-refractivity contribution in [3.63, 3.8) is 0 Å². The number of halogens is 1. The summed E-state index contributed by atoms with van der Waals surface area (Å²) < 4.78 is 17.8. The molecule has 0 aliphatic carbocycles. The van der Waals surface area contributed by atoms with Crippen molar-refractivity contribution in [2.45, 2.75) is 26.3 Å². The van der Waals surface area contributed by atoms with Gasteiger partial charge < -0.3 is 10.1 Å². The van der Waals surface area contributed by atoms with Gasteiger partial charge in [0.05, 0.1) is 13.0 Å². The zero-order valence-corrected chi connectivity index (χ0v) is 10.2. The van der Waals surface area contributed by atoms with Crippen LogP contribution in [0, 0.1) is 5.82 Å². The monoisotopic (exact) mass is 239 g/mol. The normalized spacial score (nSPS) is 12.2. The van der Waals surface area contributed by atoms with Crippen molar-refractivity contribution in [3.05, 3.63) is 35.6 Å². The Bertz CT molecular complexity index is 368. The van der Waals surface area contributed by atoms with Crippen molar-refractivity contribution in [1.82, 2.24) is 5.32 Å². The van der Waals surface area contributed by atoms with E-state index >= 15 is 0 Å². The van der Waals surface area contributed by atoms with Crippen molar-refractivity contribution < 1.29 is 13.9 Å². The second-order valence-electron chi connectivity index (χ2n) is 3.79. The summed E-state index contributed by atoms with van der Waals surface area (Å²) in [5.74, 6) is -0.465. The van der Waals surface area contributed by atoms with Crippen molar-refractivity contribution in [1.29, 1.82) is 0 Å². The van der Waals surface area contributed by atoms with Crippen LogP contribution in [0.1, 0.15) is 31.9 Å². The van der Waals surface area contributed by atoms with E-state index in [2.05, 4.69) is 5.32 Å². The zero-order valence-electron chi connectivity index (χ0n) is 10.2. The Morgan fingerprint density at radius 1 is 1.53 bits per heavy atom. The van der Waals surface area contributed by atoms with Gasteiger partial charge in [-0.25, -0.2) is 4.39 Å². The number of nitrogens with one attached hydrogen (secondary N) is 1. The van der Waals surface area contributed by atoms with Crippen LogP contribution in [-0.2, 0) is 9.53 Å². The minimum absolute atomic E-state index is 0.0140. The van der Waals surface area contributed by atoms with E-state index in [-0.39, 0.29) is 17.8 Å². The van der Waals surface area contributed by atoms with Gasteiger partial charge in [0.1, 0.15) is 5.82 Å². The highest BCUT2D eigenvalue weighted by atomic mass is 19.1. The number of hydrogen-bond acceptors (Lipinski definition) is 3. The number of benzene rings is 1. The fourth-order valence-corrected chi connectivity index (χ4v) is 1.52. The van der Waals surface area contributed by atoms with Gasteiger partial charge in [0.25, 0.3) is 0 Å². The lowest BCUT2D eigenvalue weighted by molar-refractivity contribution is -0.143. The van der Waals surface area contributed by atoms with Crippen molar-refractivity contribution in [2.24, 2.45) is 0 Å². The number of hydrogen-bond donors (Lipinski definition) is 1. The summed E-state index contributed by atoms with van der Waals surface area (Å²) in [5, 5.41) is 3.15. The Morgan fingerprint density at radius 2 is 2.29 bits per heavy atom. The van der Waals surface area contributed by atoms with Crippen LogP contribution >= 0.6 is 0 Å². The first kappa shape index (κ1) is 13.6. The maximum Gasteiger partial charge on any atom is 0.307 e. The van der Waals surface area contributed by atoms with Crippen LogP contribution < -0.4 is 5.32 Å². The molecule has 1 N–H and O–H groups in total. The fraction of sp³-hybridized carbons (Fsp3) is 0.462. The van der Waals surface area contributed by atoms with Crippen molar-refractivity contribution in [3.8, 4) is 0 Å². The molecule has 0 saturated carbocycles. The average molecular weight is 239 g/mol. The van der Waals surface area contributed by atoms with Crippen molar-refractivity contribution in [2.75, 3.05) is 13.2 Å². The summed E-state index contributed by atoms with van der Waals surface area (Å²) in [4.78, 5) is 11.1. The standard InChI is InChI=1S/C13H18FNO2/c1-3-17-13(16)7-8-15-10(2)11-5-4-6-12(14)9-11/h4-6,9-10,15H,3,7-8H2,1-2H3/t10-/m0/s1. The molecule has 3 nitrogen and oxygen atoms in total. The third-order valence-electron chi connectivity index (χ3n) is 2.43. The highest BCUT2D eigenvalue weighted by Crippen LogP contribution is 2.13. The van der Waals surface area contributed by atoms with E-state index in [4.69, 9.17) is 4.74 Å². The van der Waals surface area contributed by atoms with E-state index in [1.165, 1.54) is 12.1 Å². The van der Waals surface area contributed by atoms with E-state index in [9.17, 15) is 9.18 Å². The van der Waals surface area contributed by atoms with Gasteiger partial charge in [-0.1, -0.05) is 12.1 Å². The number of rotatable bonds is 6. The third kappa shape index (κ3) is 4.95. The lowest BCUT2D eigenvalue weighted by Gasteiger charge is -2.13. The van der Waals surface area contributed by atoms with Crippen LogP contribution in [0.2, 0.25) is 0 Å². The van der Waals surface area contributed by atoms with E-state index in [0.29, 0.717) is 19.6 Å². The first-order valence-electron chi connectivity index (χ1n) is 5.78. The summed E-state index contributed by atoms with van der Waals surface area (Å²) in [5.41, 5.74) is 0.869. The van der Waals surface area contributed by atoms with Gasteiger partial charge in [0.15, 0.2) is 0 Å². The smallest absolute Gasteiger partial charge is 0.307 e. The first-order valence-corrected chi connectivity index (χ1v) is 5.78. The van der Waals surface area contributed by atoms with Crippen LogP contribution in [0.5, 0.6) is 0 Å². The molecule has 4 heteroatoms. The Balaban J connectivity index is 2.35. The summed E-state index contributed by atoms with van der Waals surface area (Å²) in [7, 11) is 0. The van der Waals surface area contributed by atoms with Crippen LogP contribution in [0.15, 0.2) is 24.3 Å². The highest BCUT2D eigenvalue weighted by Gasteiger charge is 2.07. The second-order valence-corrected chi connectivity index (χ2v) is 3.79. The molecule has 0 aliphatic rings. The molecule has 1 atom stereocenters. The SMILES string of the molecule is CCOC(=O)CCN[C@@H](C)c1cccc(F)c1. The molecule has 0 aliphatic heterocycles. The van der Waals surface area contributed by atoms with Gasteiger partial charge in [0, 0.05) is 12.6 Å². The number of carbonyl (C=O) groups is 1. The van der Waals surface area contributed by atoms with Crippen LogP contribution in [0.4, 0.5) is 4.39 Å². The maximum atomic E-state index is 13.0. The molecular weight excluding hydrogens is 221 g/mol. The molecular formula is C13H18FNO2. The minimum atomic E-state index is -0.249. The number of carbonyl (C=O) groups excluding carboxylic acids is 1. The maximum absolute atomic E-state index is 13.0. The molecule has 0 bridgehead atoms. The van der Waals surface area contributed by atoms with E-state index in [1.807, 2.05) is 13.0 Å². The van der Waals surface area contributed by atoms with Gasteiger partial charge in [-0.15, -0.1) is 0 Å². The molecule has 0 aromatic heterocycles. The van der Waals surface area contributed by atoms with E-state index in [1.54, 1.807) is 13.0 Å². The molecule has 0 heterocycles. The average Bonchev–Trinajstić information content (AvgIpc) is 2.29. The Hall–Kier alpha value is -1.42. The van der Waals surface area contributed by atoms with Crippen molar-refractivity contribution >= 4 is 5.97 Å². The molecule has 0 spiro atoms. The zero-order chi connectivity index (χ0) is 12.7. The minimum Gasteiger partial charge on any atom is -0.466 e. The summed E-state index contributed by atoms with van der Waals surface area (Å²) in [6, 6.07) is 6.44. The topological polar surface area (TPSA) is 38.3 Å². The van der Waals surface area contributed by atoms with Gasteiger partial charge in [-0.2, -0.15) is 0 Å². The molecule has 1 rings (SSSR count). The van der Waals surface area contributed by atoms with E-state index < -0.39 is 0 Å². The van der Waals surface area contributed by atoms with Gasteiger partial charge >= 0.3 is 5.97 Å². The van der Waals surface area contributed by atoms with Crippen LogP contribution in [0.25, 0.3) is 0 Å². The van der Waals surface area contributed by atoms with Gasteiger partial charge in [-0.3, -0.25) is 4.79 Å². The predicted octanol–water partition coefficient (Wildman–Crippen LogP) is 2.43. The van der Waals surface area contributed by atoms with Gasteiger partial charge in [-0.05, 0) is 31.5 Å². The molecule has 1 aromatic carbocycles. The molecule has 0 radical (unpaired) electrons. The molecule has 1 aromatic rings. The predicted molar refractivity (Wildman–Crippen MR) is 64.1 cm³/mol. The fourth-order valence-electron chi connectivity index (χ4n) is 1.52. The van der Waals surface area contributed by atoms with Crippen LogP contribution in [0.3, 0.4) is 0 Å². The number of ether oxygens (including phenoxy) is 1. The lowest BCUT2D eigenvalue weighted by Crippen LogP contribution is -2.22. The molecule has 0 saturated heterocycles. The van der Waals surface area contributed by atoms with Gasteiger partial charge in [0.2, 0.25) is 0 Å². The first-order chi connectivity index (χ1) is 8.13. The quantitative estimate of drug-likeness (QED) is 0.775. The summed E-state index contributed by atoms with van der Waals surface area (Å²) in [6.07, 6.45) is 0.327. The molecule has 0 unspecified atom stereocenters. The Labute approximate surface area is 101 Å². The highest BCUT2D eigenvalue weighted by molar-refractivity contribution is 5.69. The molecule has 94 valence electrons. The molecule has 0 fully saturated rings. The molecule has 0 amide bonds. The summed E-state index contributed by atoms with van der Waals surface area (Å²) >= 11 is 0. The Morgan fingerprint density at radius 3 is 2.94 bits per heavy atom. The van der Waals surface area contributed by atoms with E-state index in [0.717, 1.165) is 5.56 Å². The Kier molecular flexibility index (Phi) is 5.63. The number of esters is 1. The molecule has 17 heavy (non-hydrogen) atoms. The summed E-state index contributed by atoms with van der Waals surface area (Å²) in [6.45, 7) is 4.63. The lowest BCUT2D eigenvalue weighted by atomic mass is 10.1. The van der Waals surface area contributed by atoms with Crippen LogP contribution in [-0.4, -0.2) is 19.1 Å². The largest absolute Gasteiger partial charge is 0.466 e.